The summed E-state index contributed by atoms with van der Waals surface area (Å²) < 4.78 is 38.7. The highest BCUT2D eigenvalue weighted by Gasteiger charge is 2.30. The van der Waals surface area contributed by atoms with Gasteiger partial charge in [0.1, 0.15) is 5.82 Å². The zero-order valence-corrected chi connectivity index (χ0v) is 15.5. The van der Waals surface area contributed by atoms with Gasteiger partial charge >= 0.3 is 6.18 Å². The minimum atomic E-state index is -4.31. The number of piperidine rings is 1. The molecule has 1 aromatic heterocycles. The maximum Gasteiger partial charge on any atom is 0.416 e. The molecular weight excluding hydrogens is 355 g/mol. The number of likely N-dealkylation sites (tertiary alicyclic amines) is 1. The predicted molar refractivity (Wildman–Crippen MR) is 99.7 cm³/mol. The number of rotatable bonds is 5. The molecule has 1 aliphatic heterocycles. The molecule has 2 aromatic rings. The van der Waals surface area contributed by atoms with Gasteiger partial charge in [-0.3, -0.25) is 4.90 Å². The van der Waals surface area contributed by atoms with E-state index in [4.69, 9.17) is 0 Å². The van der Waals surface area contributed by atoms with E-state index in [1.165, 1.54) is 12.1 Å². The molecule has 1 aromatic carbocycles. The molecule has 5 nitrogen and oxygen atoms in total. The molecule has 1 N–H and O–H groups in total. The van der Waals surface area contributed by atoms with Gasteiger partial charge in [-0.05, 0) is 37.1 Å². The number of aromatic nitrogens is 2. The van der Waals surface area contributed by atoms with Gasteiger partial charge in [0, 0.05) is 39.4 Å². The maximum atomic E-state index is 12.9. The van der Waals surface area contributed by atoms with Gasteiger partial charge in [0.15, 0.2) is 0 Å². The first-order chi connectivity index (χ1) is 12.8. The van der Waals surface area contributed by atoms with Gasteiger partial charge in [0.2, 0.25) is 5.95 Å². The number of anilines is 2. The Morgan fingerprint density at radius 2 is 2.07 bits per heavy atom. The first kappa shape index (κ1) is 19.4. The summed E-state index contributed by atoms with van der Waals surface area (Å²) >= 11 is 0. The lowest BCUT2D eigenvalue weighted by Gasteiger charge is -2.33. The van der Waals surface area contributed by atoms with Gasteiger partial charge in [0.05, 0.1) is 5.56 Å². The highest BCUT2D eigenvalue weighted by atomic mass is 19.4. The summed E-state index contributed by atoms with van der Waals surface area (Å²) in [4.78, 5) is 12.7. The number of hydrogen-bond donors (Lipinski definition) is 1. The number of hydrogen-bond acceptors (Lipinski definition) is 5. The average molecular weight is 379 g/mol. The Hall–Kier alpha value is -2.35. The summed E-state index contributed by atoms with van der Waals surface area (Å²) in [5.41, 5.74) is 0.0892. The van der Waals surface area contributed by atoms with E-state index in [1.54, 1.807) is 12.3 Å². The summed E-state index contributed by atoms with van der Waals surface area (Å²) in [7, 11) is 3.77. The molecule has 0 saturated carbocycles. The van der Waals surface area contributed by atoms with E-state index in [-0.39, 0.29) is 6.04 Å². The zero-order chi connectivity index (χ0) is 19.4. The molecule has 0 aliphatic carbocycles. The second-order valence-electron chi connectivity index (χ2n) is 7.05. The monoisotopic (exact) mass is 379 g/mol. The second kappa shape index (κ2) is 8.12. The lowest BCUT2D eigenvalue weighted by atomic mass is 10.0. The first-order valence-corrected chi connectivity index (χ1v) is 8.96. The topological polar surface area (TPSA) is 44.3 Å². The Morgan fingerprint density at radius 3 is 2.81 bits per heavy atom. The van der Waals surface area contributed by atoms with Crippen molar-refractivity contribution in [3.63, 3.8) is 0 Å². The van der Waals surface area contributed by atoms with Crippen LogP contribution in [0.5, 0.6) is 0 Å². The van der Waals surface area contributed by atoms with Crippen molar-refractivity contribution >= 4 is 11.8 Å². The van der Waals surface area contributed by atoms with Crippen molar-refractivity contribution in [3.8, 4) is 0 Å². The molecule has 1 saturated heterocycles. The van der Waals surface area contributed by atoms with Crippen LogP contribution in [-0.2, 0) is 12.7 Å². The van der Waals surface area contributed by atoms with Crippen LogP contribution >= 0.6 is 0 Å². The highest BCUT2D eigenvalue weighted by Crippen LogP contribution is 2.30. The molecule has 0 bridgehead atoms. The lowest BCUT2D eigenvalue weighted by Crippen LogP contribution is -2.41. The Kier molecular flexibility index (Phi) is 5.84. The van der Waals surface area contributed by atoms with Crippen LogP contribution in [0.15, 0.2) is 36.5 Å². The van der Waals surface area contributed by atoms with Crippen molar-refractivity contribution in [2.24, 2.45) is 0 Å². The van der Waals surface area contributed by atoms with E-state index in [9.17, 15) is 13.2 Å². The largest absolute Gasteiger partial charge is 0.416 e. The van der Waals surface area contributed by atoms with Crippen LogP contribution < -0.4 is 10.2 Å². The van der Waals surface area contributed by atoms with Crippen LogP contribution in [0.25, 0.3) is 0 Å². The molecule has 1 aliphatic rings. The van der Waals surface area contributed by atoms with Crippen molar-refractivity contribution < 1.29 is 13.2 Å². The Balaban J connectivity index is 1.62. The molecule has 1 atom stereocenters. The van der Waals surface area contributed by atoms with Crippen LogP contribution in [0.4, 0.5) is 24.9 Å². The summed E-state index contributed by atoms with van der Waals surface area (Å²) in [6.45, 7) is 2.15. The summed E-state index contributed by atoms with van der Waals surface area (Å²) in [5.74, 6) is 1.40. The number of alkyl halides is 3. The summed E-state index contributed by atoms with van der Waals surface area (Å²) in [6.07, 6.45) is -0.601. The summed E-state index contributed by atoms with van der Waals surface area (Å²) in [6, 6.07) is 7.61. The standard InChI is InChI=1S/C19H24F3N5/c1-26(2)18-23-9-8-17(25-18)24-16-7-4-10-27(13-16)12-14-5-3-6-15(11-14)19(20,21)22/h3,5-6,8-9,11,16H,4,7,10,12-13H2,1-2H3,(H,23,24,25). The van der Waals surface area contributed by atoms with E-state index in [2.05, 4.69) is 20.2 Å². The first-order valence-electron chi connectivity index (χ1n) is 8.96. The predicted octanol–water partition coefficient (Wildman–Crippen LogP) is 3.64. The highest BCUT2D eigenvalue weighted by molar-refractivity contribution is 5.41. The molecule has 8 heteroatoms. The fourth-order valence-corrected chi connectivity index (χ4v) is 3.27. The number of nitrogens with zero attached hydrogens (tertiary/aromatic N) is 4. The van der Waals surface area contributed by atoms with E-state index >= 15 is 0 Å². The normalized spacial score (nSPS) is 18.3. The molecule has 0 spiro atoms. The Labute approximate surface area is 157 Å². The smallest absolute Gasteiger partial charge is 0.366 e. The Bertz CT molecular complexity index is 763. The van der Waals surface area contributed by atoms with E-state index in [0.29, 0.717) is 18.1 Å². The molecule has 0 amide bonds. The molecule has 1 unspecified atom stereocenters. The summed E-state index contributed by atoms with van der Waals surface area (Å²) in [5, 5.41) is 3.43. The number of halogens is 3. The van der Waals surface area contributed by atoms with E-state index in [0.717, 1.165) is 37.8 Å². The average Bonchev–Trinajstić information content (AvgIpc) is 2.62. The molecule has 27 heavy (non-hydrogen) atoms. The number of nitrogens with one attached hydrogen (secondary N) is 1. The fourth-order valence-electron chi connectivity index (χ4n) is 3.27. The SMILES string of the molecule is CN(C)c1nccc(NC2CCCN(Cc3cccc(C(F)(F)F)c3)C2)n1. The van der Waals surface area contributed by atoms with Gasteiger partial charge < -0.3 is 10.2 Å². The van der Waals surface area contributed by atoms with Gasteiger partial charge in [-0.15, -0.1) is 0 Å². The minimum absolute atomic E-state index is 0.203. The second-order valence-corrected chi connectivity index (χ2v) is 7.05. The van der Waals surface area contributed by atoms with Crippen LogP contribution in [0.2, 0.25) is 0 Å². The van der Waals surface area contributed by atoms with Gasteiger partial charge in [0.25, 0.3) is 0 Å². The van der Waals surface area contributed by atoms with Gasteiger partial charge in [-0.25, -0.2) is 4.98 Å². The van der Waals surface area contributed by atoms with E-state index < -0.39 is 11.7 Å². The Morgan fingerprint density at radius 1 is 1.26 bits per heavy atom. The minimum Gasteiger partial charge on any atom is -0.366 e. The van der Waals surface area contributed by atoms with Crippen LogP contribution in [0.3, 0.4) is 0 Å². The molecule has 1 fully saturated rings. The molecule has 3 rings (SSSR count). The molecule has 0 radical (unpaired) electrons. The fraction of sp³-hybridized carbons (Fsp3) is 0.474. The molecule has 146 valence electrons. The third-order valence-corrected chi connectivity index (χ3v) is 4.56. The van der Waals surface area contributed by atoms with Crippen LogP contribution in [0, 0.1) is 0 Å². The van der Waals surface area contributed by atoms with Crippen LogP contribution in [0.1, 0.15) is 24.0 Å². The van der Waals surface area contributed by atoms with Crippen molar-refractivity contribution in [3.05, 3.63) is 47.7 Å². The zero-order valence-electron chi connectivity index (χ0n) is 15.5. The maximum absolute atomic E-state index is 12.9. The van der Waals surface area contributed by atoms with E-state index in [1.807, 2.05) is 25.1 Å². The third kappa shape index (κ3) is 5.32. The third-order valence-electron chi connectivity index (χ3n) is 4.56. The van der Waals surface area contributed by atoms with Crippen molar-refractivity contribution in [1.82, 2.24) is 14.9 Å². The van der Waals surface area contributed by atoms with Crippen molar-refractivity contribution in [2.75, 3.05) is 37.4 Å². The molecule has 2 heterocycles. The van der Waals surface area contributed by atoms with Gasteiger partial charge in [-0.1, -0.05) is 18.2 Å². The van der Waals surface area contributed by atoms with Crippen molar-refractivity contribution in [1.29, 1.82) is 0 Å². The quantitative estimate of drug-likeness (QED) is 0.859. The molecular formula is C19H24F3N5. The lowest BCUT2D eigenvalue weighted by molar-refractivity contribution is -0.137. The van der Waals surface area contributed by atoms with Gasteiger partial charge in [-0.2, -0.15) is 18.2 Å². The number of benzene rings is 1. The van der Waals surface area contributed by atoms with Crippen molar-refractivity contribution in [2.45, 2.75) is 31.6 Å². The van der Waals surface area contributed by atoms with Crippen LogP contribution in [-0.4, -0.2) is 48.1 Å².